The fourth-order valence-electron chi connectivity index (χ4n) is 5.09. The summed E-state index contributed by atoms with van der Waals surface area (Å²) in [7, 11) is 0. The van der Waals surface area contributed by atoms with Crippen molar-refractivity contribution in [2.45, 2.75) is 110 Å². The number of nitrogens with zero attached hydrogens (tertiary/aromatic N) is 1. The van der Waals surface area contributed by atoms with Crippen molar-refractivity contribution in [1.29, 1.82) is 0 Å². The van der Waals surface area contributed by atoms with Crippen LogP contribution in [0.25, 0.3) is 6.08 Å². The molecule has 36 heavy (non-hydrogen) atoms. The number of esters is 1. The normalized spacial score (nSPS) is 36.8. The molecule has 2 aliphatic rings. The predicted molar refractivity (Wildman–Crippen MR) is 141 cm³/mol. The summed E-state index contributed by atoms with van der Waals surface area (Å²) in [5, 5.41) is 25.0. The molecule has 0 spiro atoms. The molecule has 202 valence electrons. The molecule has 3 rings (SSSR count). The van der Waals surface area contributed by atoms with E-state index in [4.69, 9.17) is 21.1 Å². The lowest BCUT2D eigenvalue weighted by Crippen LogP contribution is -2.46. The zero-order chi connectivity index (χ0) is 26.8. The largest absolute Gasteiger partial charge is 0.456 e. The number of Topliss-reactive ketones (excluding diaryl/α,β-unsaturated/α-hetero) is 1. The number of hydrogen-bond donors (Lipinski definition) is 2. The molecular formula is C27H40ClNO6S. The summed E-state index contributed by atoms with van der Waals surface area (Å²) < 4.78 is 11.8. The number of fused-ring (bicyclic) bond motifs is 1. The molecule has 2 aliphatic heterocycles. The topological polar surface area (TPSA) is 109 Å². The highest BCUT2D eigenvalue weighted by Crippen LogP contribution is 2.45. The van der Waals surface area contributed by atoms with Crippen LogP contribution >= 0.6 is 22.9 Å². The number of ether oxygens (including phenoxy) is 2. The lowest BCUT2D eigenvalue weighted by atomic mass is 9.71. The maximum atomic E-state index is 13.4. The Bertz CT molecular complexity index is 977. The van der Waals surface area contributed by atoms with Crippen molar-refractivity contribution < 1.29 is 29.3 Å². The molecule has 0 bridgehead atoms. The zero-order valence-corrected chi connectivity index (χ0v) is 23.7. The van der Waals surface area contributed by atoms with Crippen molar-refractivity contribution >= 4 is 40.8 Å². The molecule has 7 nitrogen and oxygen atoms in total. The Hall–Kier alpha value is -1.32. The summed E-state index contributed by atoms with van der Waals surface area (Å²) in [5.41, 5.74) is -0.902. The molecule has 3 heterocycles. The van der Waals surface area contributed by atoms with Crippen LogP contribution in [-0.2, 0) is 19.1 Å². The van der Waals surface area contributed by atoms with Gasteiger partial charge in [0, 0.05) is 17.7 Å². The lowest BCUT2D eigenvalue weighted by Gasteiger charge is -2.35. The molecule has 9 heteroatoms. The number of hydrogen-bond acceptors (Lipinski definition) is 8. The molecule has 2 saturated heterocycles. The third kappa shape index (κ3) is 6.76. The molecule has 7 atom stereocenters. The fraction of sp³-hybridized carbons (Fsp3) is 0.741. The number of carbonyl (C=O) groups is 2. The summed E-state index contributed by atoms with van der Waals surface area (Å²) >= 11 is 8.14. The number of ketones is 1. The number of aromatic nitrogens is 1. The lowest BCUT2D eigenvalue weighted by molar-refractivity contribution is -0.154. The van der Waals surface area contributed by atoms with Crippen LogP contribution < -0.4 is 0 Å². The molecule has 0 aliphatic carbocycles. The van der Waals surface area contributed by atoms with Gasteiger partial charge in [-0.3, -0.25) is 9.59 Å². The van der Waals surface area contributed by atoms with Gasteiger partial charge in [-0.25, -0.2) is 4.98 Å². The predicted octanol–water partition coefficient (Wildman–Crippen LogP) is 5.04. The number of cyclic esters (lactones) is 1. The molecule has 0 saturated carbocycles. The molecule has 0 aromatic carbocycles. The van der Waals surface area contributed by atoms with Crippen LogP contribution in [-0.4, -0.2) is 57.0 Å². The van der Waals surface area contributed by atoms with Crippen molar-refractivity contribution in [3.63, 3.8) is 0 Å². The van der Waals surface area contributed by atoms with Crippen LogP contribution in [0.15, 0.2) is 10.4 Å². The molecule has 0 amide bonds. The average Bonchev–Trinajstić information content (AvgIpc) is 3.24. The molecular weight excluding hydrogens is 502 g/mol. The van der Waals surface area contributed by atoms with E-state index in [1.165, 1.54) is 11.3 Å². The molecule has 0 unspecified atom stereocenters. The first kappa shape index (κ1) is 29.2. The number of thiazole rings is 1. The minimum Gasteiger partial charge on any atom is -0.456 e. The van der Waals surface area contributed by atoms with Gasteiger partial charge >= 0.3 is 5.97 Å². The Morgan fingerprint density at radius 2 is 2.00 bits per heavy atom. The van der Waals surface area contributed by atoms with Crippen LogP contribution in [0.5, 0.6) is 0 Å². The maximum absolute atomic E-state index is 13.4. The first-order valence-electron chi connectivity index (χ1n) is 12.9. The number of carbonyl (C=O) groups excluding carboxylic acids is 2. The van der Waals surface area contributed by atoms with Crippen molar-refractivity contribution in [3.8, 4) is 0 Å². The quantitative estimate of drug-likeness (QED) is 0.407. The Morgan fingerprint density at radius 1 is 1.31 bits per heavy atom. The highest BCUT2D eigenvalue weighted by Gasteiger charge is 2.53. The number of halogens is 1. The van der Waals surface area contributed by atoms with Gasteiger partial charge in [0.25, 0.3) is 0 Å². The Kier molecular flexibility index (Phi) is 9.42. The summed E-state index contributed by atoms with van der Waals surface area (Å²) in [4.78, 5) is 30.8. The van der Waals surface area contributed by atoms with Gasteiger partial charge in [-0.05, 0) is 45.1 Å². The van der Waals surface area contributed by atoms with Gasteiger partial charge in [0.2, 0.25) is 0 Å². The van der Waals surface area contributed by atoms with Gasteiger partial charge in [-0.15, -0.1) is 11.3 Å². The first-order chi connectivity index (χ1) is 16.8. The van der Waals surface area contributed by atoms with Crippen LogP contribution in [0.3, 0.4) is 0 Å². The van der Waals surface area contributed by atoms with E-state index in [-0.39, 0.29) is 29.8 Å². The van der Waals surface area contributed by atoms with E-state index in [9.17, 15) is 19.8 Å². The van der Waals surface area contributed by atoms with Crippen molar-refractivity contribution in [3.05, 3.63) is 21.1 Å². The minimum absolute atomic E-state index is 0.0859. The van der Waals surface area contributed by atoms with E-state index in [1.54, 1.807) is 19.9 Å². The first-order valence-corrected chi connectivity index (χ1v) is 14.1. The molecule has 1 aromatic heterocycles. The van der Waals surface area contributed by atoms with Crippen LogP contribution in [0.2, 0.25) is 0 Å². The SMILES string of the molecule is CC[C@H]1C(=O)C(C)(C)[C@@H](O)CC(=O)O[C@H](/C(Cl)=C/c2csc(C)n2)C[C@H]2O[C@]2(C)CCC[C@@H](C)[C@@H]1O. The highest BCUT2D eigenvalue weighted by atomic mass is 35.5. The summed E-state index contributed by atoms with van der Waals surface area (Å²) in [6.45, 7) is 11.0. The molecule has 2 N–H and O–H groups in total. The summed E-state index contributed by atoms with van der Waals surface area (Å²) in [6, 6.07) is 0. The van der Waals surface area contributed by atoms with E-state index in [1.807, 2.05) is 33.1 Å². The number of aryl methyl sites for hydroxylation is 1. The fourth-order valence-corrected chi connectivity index (χ4v) is 5.90. The zero-order valence-electron chi connectivity index (χ0n) is 22.1. The molecule has 1 aromatic rings. The second kappa shape index (κ2) is 11.6. The number of rotatable bonds is 3. The van der Waals surface area contributed by atoms with Gasteiger partial charge in [0.05, 0.1) is 51.5 Å². The summed E-state index contributed by atoms with van der Waals surface area (Å²) in [6.07, 6.45) is 1.56. The van der Waals surface area contributed by atoms with E-state index in [2.05, 4.69) is 4.98 Å². The second-order valence-corrected chi connectivity index (χ2v) is 12.6. The Balaban J connectivity index is 1.87. The number of aliphatic hydroxyl groups excluding tert-OH is 2. The van der Waals surface area contributed by atoms with Crippen LogP contribution in [0, 0.1) is 24.2 Å². The van der Waals surface area contributed by atoms with Gasteiger partial charge in [-0.1, -0.05) is 45.7 Å². The standard InChI is InChI=1S/C27H40ClNO6S/c1-7-18-24(32)15(2)9-8-10-27(6)22(35-27)12-20(19(28)11-17-14-36-16(3)29-17)34-23(31)13-21(30)26(4,5)25(18)33/h11,14-15,18,20-22,24,30,32H,7-10,12-13H2,1-6H3/b19-11-/t15-,18-,20+,21+,22-,24+,27-/m1/s1. The Labute approximate surface area is 223 Å². The van der Waals surface area contributed by atoms with Crippen molar-refractivity contribution in [2.24, 2.45) is 17.3 Å². The van der Waals surface area contributed by atoms with E-state index >= 15 is 0 Å². The third-order valence-electron chi connectivity index (χ3n) is 7.90. The van der Waals surface area contributed by atoms with Gasteiger partial charge in [0.1, 0.15) is 11.9 Å². The number of aliphatic hydroxyl groups is 2. The van der Waals surface area contributed by atoms with Gasteiger partial charge < -0.3 is 19.7 Å². The van der Waals surface area contributed by atoms with Crippen molar-refractivity contribution in [2.75, 3.05) is 0 Å². The average molecular weight is 542 g/mol. The maximum Gasteiger partial charge on any atom is 0.309 e. The number of epoxide rings is 1. The Morgan fingerprint density at radius 3 is 2.61 bits per heavy atom. The van der Waals surface area contributed by atoms with Crippen molar-refractivity contribution in [1.82, 2.24) is 4.98 Å². The second-order valence-electron chi connectivity index (χ2n) is 11.1. The van der Waals surface area contributed by atoms with Crippen LogP contribution in [0.4, 0.5) is 0 Å². The van der Waals surface area contributed by atoms with E-state index < -0.39 is 35.6 Å². The summed E-state index contributed by atoms with van der Waals surface area (Å²) in [5.74, 6) is -1.61. The molecule has 0 radical (unpaired) electrons. The highest BCUT2D eigenvalue weighted by molar-refractivity contribution is 7.09. The van der Waals surface area contributed by atoms with Gasteiger partial charge in [-0.2, -0.15) is 0 Å². The van der Waals surface area contributed by atoms with E-state index in [0.717, 1.165) is 24.3 Å². The van der Waals surface area contributed by atoms with Crippen LogP contribution in [0.1, 0.15) is 83.8 Å². The minimum atomic E-state index is -1.27. The van der Waals surface area contributed by atoms with Gasteiger partial charge in [0.15, 0.2) is 0 Å². The molecule has 2 fully saturated rings. The third-order valence-corrected chi connectivity index (χ3v) is 9.04. The smallest absolute Gasteiger partial charge is 0.309 e. The monoisotopic (exact) mass is 541 g/mol. The van der Waals surface area contributed by atoms with E-state index in [0.29, 0.717) is 23.6 Å².